The van der Waals surface area contributed by atoms with Crippen molar-refractivity contribution in [3.05, 3.63) is 41.7 Å². The molecule has 2 saturated heterocycles. The molecule has 2 aromatic rings. The Hall–Kier alpha value is -2.74. The van der Waals surface area contributed by atoms with Crippen molar-refractivity contribution in [2.24, 2.45) is 12.0 Å². The summed E-state index contributed by atoms with van der Waals surface area (Å²) in [5.41, 5.74) is 2.57. The van der Waals surface area contributed by atoms with Gasteiger partial charge >= 0.3 is 0 Å². The van der Waals surface area contributed by atoms with Gasteiger partial charge in [0.15, 0.2) is 17.5 Å². The number of aryl methyl sites for hydroxylation is 1. The van der Waals surface area contributed by atoms with Gasteiger partial charge < -0.3 is 24.4 Å². The average molecular weight is 426 g/mol. The first-order chi connectivity index (χ1) is 15.2. The second-order valence-corrected chi connectivity index (χ2v) is 8.74. The summed E-state index contributed by atoms with van der Waals surface area (Å²) in [5.74, 6) is 3.14. The maximum absolute atomic E-state index is 5.70. The summed E-state index contributed by atoms with van der Waals surface area (Å²) in [4.78, 5) is 6.97. The molecule has 0 bridgehead atoms. The minimum absolute atomic E-state index is 0.0162. The van der Waals surface area contributed by atoms with Gasteiger partial charge in [0, 0.05) is 64.5 Å². The van der Waals surface area contributed by atoms with Gasteiger partial charge in [0.2, 0.25) is 6.79 Å². The van der Waals surface area contributed by atoms with Gasteiger partial charge in [-0.1, -0.05) is 6.07 Å². The zero-order valence-corrected chi connectivity index (χ0v) is 18.3. The molecule has 0 amide bonds. The zero-order valence-electron chi connectivity index (χ0n) is 18.3. The summed E-state index contributed by atoms with van der Waals surface area (Å²) in [6.45, 7) is 4.61. The van der Waals surface area contributed by atoms with E-state index in [1.807, 2.05) is 31.0 Å². The van der Waals surface area contributed by atoms with Gasteiger partial charge in [-0.15, -0.1) is 0 Å². The summed E-state index contributed by atoms with van der Waals surface area (Å²) in [5, 5.41) is 8.03. The fraction of sp³-hybridized carbons (Fsp3) is 0.565. The fourth-order valence-corrected chi connectivity index (χ4v) is 5.01. The van der Waals surface area contributed by atoms with E-state index in [0.29, 0.717) is 12.7 Å². The molecule has 0 saturated carbocycles. The molecule has 0 radical (unpaired) electrons. The van der Waals surface area contributed by atoms with E-state index in [1.165, 1.54) is 11.1 Å². The standard InChI is InChI=1S/C23H31N5O3/c1-24-22(28-8-5-17(14-28)18-12-26-27(2)13-18)25-15-23(6-9-29-10-7-23)19-3-4-20-21(11-19)31-16-30-20/h3-4,11-13,17H,5-10,14-16H2,1-2H3,(H,24,25). The van der Waals surface area contributed by atoms with E-state index in [4.69, 9.17) is 14.2 Å². The number of hydrogen-bond donors (Lipinski definition) is 1. The lowest BCUT2D eigenvalue weighted by Gasteiger charge is -2.39. The highest BCUT2D eigenvalue weighted by atomic mass is 16.7. The molecule has 31 heavy (non-hydrogen) atoms. The Balaban J connectivity index is 1.30. The van der Waals surface area contributed by atoms with Gasteiger partial charge in [-0.2, -0.15) is 5.10 Å². The van der Waals surface area contributed by atoms with Crippen LogP contribution in [-0.4, -0.2) is 67.3 Å². The first-order valence-corrected chi connectivity index (χ1v) is 11.1. The van der Waals surface area contributed by atoms with Crippen molar-refractivity contribution in [1.82, 2.24) is 20.0 Å². The minimum Gasteiger partial charge on any atom is -0.454 e. The molecular weight excluding hydrogens is 394 g/mol. The normalized spacial score (nSPS) is 22.7. The third-order valence-electron chi connectivity index (χ3n) is 6.92. The lowest BCUT2D eigenvalue weighted by Crippen LogP contribution is -2.48. The van der Waals surface area contributed by atoms with Crippen LogP contribution in [0.15, 0.2) is 35.6 Å². The van der Waals surface area contributed by atoms with Crippen molar-refractivity contribution in [2.75, 3.05) is 46.7 Å². The van der Waals surface area contributed by atoms with E-state index in [0.717, 1.165) is 69.6 Å². The maximum atomic E-state index is 5.70. The Kier molecular flexibility index (Phi) is 5.48. The molecule has 8 heteroatoms. The van der Waals surface area contributed by atoms with Crippen LogP contribution >= 0.6 is 0 Å². The van der Waals surface area contributed by atoms with Gasteiger partial charge in [-0.05, 0) is 42.5 Å². The summed E-state index contributed by atoms with van der Waals surface area (Å²) < 4.78 is 18.7. The van der Waals surface area contributed by atoms with Crippen molar-refractivity contribution < 1.29 is 14.2 Å². The first kappa shape index (κ1) is 20.2. The number of aliphatic imine (C=N–C) groups is 1. The number of hydrogen-bond acceptors (Lipinski definition) is 5. The van der Waals surface area contributed by atoms with Crippen LogP contribution in [0.25, 0.3) is 0 Å². The van der Waals surface area contributed by atoms with E-state index in [1.54, 1.807) is 0 Å². The van der Waals surface area contributed by atoms with Crippen molar-refractivity contribution in [3.8, 4) is 11.5 Å². The van der Waals surface area contributed by atoms with Crippen LogP contribution in [0.3, 0.4) is 0 Å². The van der Waals surface area contributed by atoms with Crippen LogP contribution in [0.4, 0.5) is 0 Å². The van der Waals surface area contributed by atoms with Crippen LogP contribution in [-0.2, 0) is 17.2 Å². The molecule has 1 atom stereocenters. The van der Waals surface area contributed by atoms with E-state index in [2.05, 4.69) is 38.6 Å². The monoisotopic (exact) mass is 425 g/mol. The third-order valence-corrected chi connectivity index (χ3v) is 6.92. The maximum Gasteiger partial charge on any atom is 0.231 e. The van der Waals surface area contributed by atoms with Crippen LogP contribution in [0, 0.1) is 0 Å². The van der Waals surface area contributed by atoms with Gasteiger partial charge in [-0.3, -0.25) is 9.67 Å². The highest BCUT2D eigenvalue weighted by molar-refractivity contribution is 5.80. The summed E-state index contributed by atoms with van der Waals surface area (Å²) >= 11 is 0. The van der Waals surface area contributed by atoms with Crippen LogP contribution in [0.5, 0.6) is 11.5 Å². The van der Waals surface area contributed by atoms with Crippen molar-refractivity contribution in [3.63, 3.8) is 0 Å². The van der Waals surface area contributed by atoms with Crippen molar-refractivity contribution in [2.45, 2.75) is 30.6 Å². The second-order valence-electron chi connectivity index (χ2n) is 8.74. The van der Waals surface area contributed by atoms with Gasteiger partial charge in [-0.25, -0.2) is 0 Å². The summed E-state index contributed by atoms with van der Waals surface area (Å²) in [6.07, 6.45) is 7.17. The molecule has 1 unspecified atom stereocenters. The molecule has 2 fully saturated rings. The molecule has 3 aliphatic rings. The van der Waals surface area contributed by atoms with E-state index >= 15 is 0 Å². The predicted molar refractivity (Wildman–Crippen MR) is 118 cm³/mol. The first-order valence-electron chi connectivity index (χ1n) is 11.1. The number of benzene rings is 1. The highest BCUT2D eigenvalue weighted by Crippen LogP contribution is 2.40. The number of rotatable bonds is 4. The largest absolute Gasteiger partial charge is 0.454 e. The summed E-state index contributed by atoms with van der Waals surface area (Å²) in [6, 6.07) is 6.35. The van der Waals surface area contributed by atoms with Crippen molar-refractivity contribution >= 4 is 5.96 Å². The Labute approximate surface area is 183 Å². The van der Waals surface area contributed by atoms with Crippen molar-refractivity contribution in [1.29, 1.82) is 0 Å². The fourth-order valence-electron chi connectivity index (χ4n) is 5.01. The van der Waals surface area contributed by atoms with E-state index in [-0.39, 0.29) is 5.41 Å². The smallest absolute Gasteiger partial charge is 0.231 e. The number of nitrogens with zero attached hydrogens (tertiary/aromatic N) is 4. The summed E-state index contributed by atoms with van der Waals surface area (Å²) in [7, 11) is 3.84. The molecule has 0 spiro atoms. The van der Waals surface area contributed by atoms with E-state index < -0.39 is 0 Å². The van der Waals surface area contributed by atoms with Crippen LogP contribution < -0.4 is 14.8 Å². The number of fused-ring (bicyclic) bond motifs is 1. The number of aromatic nitrogens is 2. The van der Waals surface area contributed by atoms with Gasteiger partial charge in [0.05, 0.1) is 6.20 Å². The number of guanidine groups is 1. The molecule has 4 heterocycles. The SMILES string of the molecule is CN=C(NCC1(c2ccc3c(c2)OCO3)CCOCC1)N1CCC(c2cnn(C)c2)C1. The van der Waals surface area contributed by atoms with Crippen LogP contribution in [0.1, 0.15) is 36.3 Å². The Morgan fingerprint density at radius 3 is 2.87 bits per heavy atom. The Morgan fingerprint density at radius 1 is 1.26 bits per heavy atom. The Bertz CT molecular complexity index is 950. The lowest BCUT2D eigenvalue weighted by atomic mass is 9.74. The second kappa shape index (κ2) is 8.42. The number of likely N-dealkylation sites (tertiary alicyclic amines) is 1. The highest BCUT2D eigenvalue weighted by Gasteiger charge is 2.37. The van der Waals surface area contributed by atoms with E-state index in [9.17, 15) is 0 Å². The number of ether oxygens (including phenoxy) is 3. The molecule has 8 nitrogen and oxygen atoms in total. The topological polar surface area (TPSA) is 73.1 Å². The quantitative estimate of drug-likeness (QED) is 0.599. The predicted octanol–water partition coefficient (Wildman–Crippen LogP) is 2.26. The lowest BCUT2D eigenvalue weighted by molar-refractivity contribution is 0.0511. The molecule has 166 valence electrons. The van der Waals surface area contributed by atoms with Gasteiger partial charge in [0.1, 0.15) is 0 Å². The van der Waals surface area contributed by atoms with Crippen LogP contribution in [0.2, 0.25) is 0 Å². The molecule has 1 aromatic heterocycles. The Morgan fingerprint density at radius 2 is 2.10 bits per heavy atom. The molecule has 3 aliphatic heterocycles. The zero-order chi connectivity index (χ0) is 21.3. The number of nitrogens with one attached hydrogen (secondary N) is 1. The molecule has 0 aliphatic carbocycles. The van der Waals surface area contributed by atoms with Gasteiger partial charge in [0.25, 0.3) is 0 Å². The average Bonchev–Trinajstić information content (AvgIpc) is 3.55. The minimum atomic E-state index is -0.0162. The molecular formula is C23H31N5O3. The molecule has 5 rings (SSSR count). The molecule has 1 aromatic carbocycles. The molecule has 1 N–H and O–H groups in total. The third kappa shape index (κ3) is 3.96.